The fourth-order valence-electron chi connectivity index (χ4n) is 4.46. The molecule has 1 aliphatic carbocycles. The van der Waals surface area contributed by atoms with Crippen LogP contribution in [0.2, 0.25) is 0 Å². The highest BCUT2D eigenvalue weighted by Gasteiger charge is 2.23. The van der Waals surface area contributed by atoms with Crippen LogP contribution in [0.4, 0.5) is 0 Å². The average Bonchev–Trinajstić information content (AvgIpc) is 2.81. The van der Waals surface area contributed by atoms with Crippen LogP contribution in [0.5, 0.6) is 5.75 Å². The maximum Gasteiger partial charge on any atom is 0.131 e. The topological polar surface area (TPSA) is 29.5 Å². The summed E-state index contributed by atoms with van der Waals surface area (Å²) in [5.74, 6) is 1.44. The first-order valence-corrected chi connectivity index (χ1v) is 12.4. The van der Waals surface area contributed by atoms with Gasteiger partial charge in [-0.15, -0.1) is 0 Å². The van der Waals surface area contributed by atoms with Crippen LogP contribution in [-0.2, 0) is 16.6 Å². The lowest BCUT2D eigenvalue weighted by atomic mass is 9.80. The van der Waals surface area contributed by atoms with Gasteiger partial charge in [0.25, 0.3) is 0 Å². The Labute approximate surface area is 206 Å². The second-order valence-electron chi connectivity index (χ2n) is 10.5. The average molecular weight is 457 g/mol. The number of aromatic hydroxyl groups is 1. The summed E-state index contributed by atoms with van der Waals surface area (Å²) >= 11 is 0. The molecule has 0 atom stereocenters. The van der Waals surface area contributed by atoms with Gasteiger partial charge in [0.15, 0.2) is 0 Å². The van der Waals surface area contributed by atoms with Crippen LogP contribution < -0.4 is 0 Å². The first kappa shape index (κ1) is 25.6. The zero-order chi connectivity index (χ0) is 25.0. The second-order valence-corrected chi connectivity index (χ2v) is 10.5. The molecule has 2 heteroatoms. The maximum atomic E-state index is 11.5. The van der Waals surface area contributed by atoms with E-state index in [2.05, 4.69) is 96.7 Å². The van der Waals surface area contributed by atoms with Crippen molar-refractivity contribution >= 4 is 16.9 Å². The summed E-state index contributed by atoms with van der Waals surface area (Å²) in [7, 11) is 1.68. The molecule has 0 spiro atoms. The van der Waals surface area contributed by atoms with Gasteiger partial charge in [0.05, 0.1) is 7.11 Å². The van der Waals surface area contributed by atoms with Crippen LogP contribution in [0.15, 0.2) is 66.8 Å². The van der Waals surface area contributed by atoms with E-state index < -0.39 is 0 Å². The van der Waals surface area contributed by atoms with E-state index in [9.17, 15) is 5.11 Å². The van der Waals surface area contributed by atoms with Gasteiger partial charge in [-0.05, 0) is 71.1 Å². The molecule has 0 unspecified atom stereocenters. The molecule has 0 bridgehead atoms. The first-order chi connectivity index (χ1) is 16.1. The molecule has 1 N–H and O–H groups in total. The number of phenolic OH excluding ortho intramolecular Hbond substituents is 1. The molecule has 0 heterocycles. The lowest BCUT2D eigenvalue weighted by molar-refractivity contribution is 0.370. The van der Waals surface area contributed by atoms with Gasteiger partial charge < -0.3 is 9.84 Å². The fourth-order valence-corrected chi connectivity index (χ4v) is 4.46. The summed E-state index contributed by atoms with van der Waals surface area (Å²) < 4.78 is 5.73. The van der Waals surface area contributed by atoms with Crippen LogP contribution in [0.25, 0.3) is 16.9 Å². The van der Waals surface area contributed by atoms with Crippen molar-refractivity contribution in [1.29, 1.82) is 0 Å². The number of phenols is 1. The Bertz CT molecular complexity index is 1130. The zero-order valence-corrected chi connectivity index (χ0v) is 22.0. The predicted molar refractivity (Wildman–Crippen MR) is 147 cm³/mol. The minimum Gasteiger partial charge on any atom is -0.507 e. The van der Waals surface area contributed by atoms with Crippen molar-refractivity contribution in [2.24, 2.45) is 5.92 Å². The summed E-state index contributed by atoms with van der Waals surface area (Å²) in [5.41, 5.74) is 8.28. The van der Waals surface area contributed by atoms with Gasteiger partial charge in [0.2, 0.25) is 0 Å². The number of rotatable bonds is 7. The van der Waals surface area contributed by atoms with Crippen molar-refractivity contribution in [2.75, 3.05) is 7.11 Å². The third-order valence-electron chi connectivity index (χ3n) is 6.69. The molecule has 1 aliphatic rings. The molecule has 2 aromatic rings. The molecule has 0 amide bonds. The van der Waals surface area contributed by atoms with Gasteiger partial charge in [0.1, 0.15) is 11.5 Å². The SMILES string of the molecule is C=C(/C=C(\OC)c1ccc(CC)cc1)c1cc(C(C)(C)C)cc(C2=C(C(C)C)CCC=C2)c1O. The summed E-state index contributed by atoms with van der Waals surface area (Å²) in [4.78, 5) is 0. The highest BCUT2D eigenvalue weighted by molar-refractivity contribution is 5.89. The maximum absolute atomic E-state index is 11.5. The normalized spacial score (nSPS) is 14.6. The van der Waals surface area contributed by atoms with Crippen LogP contribution in [0.3, 0.4) is 0 Å². The molecule has 2 nitrogen and oxygen atoms in total. The Morgan fingerprint density at radius 2 is 1.82 bits per heavy atom. The minimum absolute atomic E-state index is 0.0712. The molecule has 0 aromatic heterocycles. The van der Waals surface area contributed by atoms with Crippen LogP contribution in [0.1, 0.15) is 82.2 Å². The molecule has 2 aromatic carbocycles. The van der Waals surface area contributed by atoms with E-state index in [0.29, 0.717) is 5.92 Å². The van der Waals surface area contributed by atoms with E-state index >= 15 is 0 Å². The number of methoxy groups -OCH3 is 1. The summed E-state index contributed by atoms with van der Waals surface area (Å²) in [6, 6.07) is 12.6. The lowest BCUT2D eigenvalue weighted by Crippen LogP contribution is -2.13. The van der Waals surface area contributed by atoms with Crippen molar-refractivity contribution in [1.82, 2.24) is 0 Å². The van der Waals surface area contributed by atoms with E-state index in [4.69, 9.17) is 4.74 Å². The quantitative estimate of drug-likeness (QED) is 0.333. The molecule has 0 fully saturated rings. The molecule has 0 radical (unpaired) electrons. The van der Waals surface area contributed by atoms with Gasteiger partial charge in [0, 0.05) is 16.7 Å². The van der Waals surface area contributed by atoms with Crippen molar-refractivity contribution in [3.05, 3.63) is 94.6 Å². The summed E-state index contributed by atoms with van der Waals surface area (Å²) in [6.45, 7) is 17.6. The number of hydrogen-bond donors (Lipinski definition) is 1. The van der Waals surface area contributed by atoms with Gasteiger partial charge in [-0.1, -0.05) is 90.1 Å². The number of ether oxygens (including phenoxy) is 1. The van der Waals surface area contributed by atoms with Gasteiger partial charge >= 0.3 is 0 Å². The highest BCUT2D eigenvalue weighted by Crippen LogP contribution is 2.42. The van der Waals surface area contributed by atoms with Crippen molar-refractivity contribution < 1.29 is 9.84 Å². The van der Waals surface area contributed by atoms with Crippen LogP contribution >= 0.6 is 0 Å². The summed E-state index contributed by atoms with van der Waals surface area (Å²) in [6.07, 6.45) is 9.40. The highest BCUT2D eigenvalue weighted by atomic mass is 16.5. The van der Waals surface area contributed by atoms with E-state index in [-0.39, 0.29) is 11.2 Å². The molecular formula is C32H40O2. The fraction of sp³-hybridized carbons (Fsp3) is 0.375. The Morgan fingerprint density at radius 3 is 2.38 bits per heavy atom. The van der Waals surface area contributed by atoms with E-state index in [1.54, 1.807) is 7.11 Å². The van der Waals surface area contributed by atoms with Crippen molar-refractivity contribution in [3.63, 3.8) is 0 Å². The molecule has 34 heavy (non-hydrogen) atoms. The Kier molecular flexibility index (Phi) is 7.92. The van der Waals surface area contributed by atoms with Gasteiger partial charge in [-0.3, -0.25) is 0 Å². The molecule has 180 valence electrons. The largest absolute Gasteiger partial charge is 0.507 e. The molecule has 0 aliphatic heterocycles. The lowest BCUT2D eigenvalue weighted by Gasteiger charge is -2.26. The molecular weight excluding hydrogens is 416 g/mol. The van der Waals surface area contributed by atoms with Crippen LogP contribution in [0, 0.1) is 5.92 Å². The number of hydrogen-bond acceptors (Lipinski definition) is 2. The third-order valence-corrected chi connectivity index (χ3v) is 6.69. The Balaban J connectivity index is 2.17. The molecule has 0 saturated heterocycles. The first-order valence-electron chi connectivity index (χ1n) is 12.4. The summed E-state index contributed by atoms with van der Waals surface area (Å²) in [5, 5.41) is 11.5. The number of allylic oxidation sites excluding steroid dienone is 6. The second kappa shape index (κ2) is 10.5. The van der Waals surface area contributed by atoms with Crippen molar-refractivity contribution in [2.45, 2.75) is 66.2 Å². The predicted octanol–water partition coefficient (Wildman–Crippen LogP) is 8.71. The van der Waals surface area contributed by atoms with Gasteiger partial charge in [-0.25, -0.2) is 0 Å². The van der Waals surface area contributed by atoms with E-state index in [0.717, 1.165) is 52.9 Å². The minimum atomic E-state index is -0.0712. The van der Waals surface area contributed by atoms with Crippen molar-refractivity contribution in [3.8, 4) is 5.75 Å². The van der Waals surface area contributed by atoms with Gasteiger partial charge in [-0.2, -0.15) is 0 Å². The Morgan fingerprint density at radius 1 is 1.15 bits per heavy atom. The zero-order valence-electron chi connectivity index (χ0n) is 22.0. The number of aryl methyl sites for hydroxylation is 1. The standard InChI is InChI=1S/C32H40O2/c1-9-23-14-16-24(17-15-23)30(34-8)18-22(4)28-19-25(32(5,6)7)20-29(31(28)33)27-13-11-10-12-26(27)21(2)3/h11,13-21,33H,4,9-10,12H2,1-3,5-8H3/b30-18-. The van der Waals surface area contributed by atoms with Crippen LogP contribution in [-0.4, -0.2) is 12.2 Å². The van der Waals surface area contributed by atoms with E-state index in [1.807, 2.05) is 6.08 Å². The molecule has 0 saturated carbocycles. The monoisotopic (exact) mass is 456 g/mol. The third kappa shape index (κ3) is 5.55. The molecule has 3 rings (SSSR count). The van der Waals surface area contributed by atoms with E-state index in [1.165, 1.54) is 16.7 Å². The Hall–Kier alpha value is -3.00. The smallest absolute Gasteiger partial charge is 0.131 e. The number of benzene rings is 2.